The minimum absolute atomic E-state index is 0.0141. The molecule has 0 aromatic heterocycles. The van der Waals surface area contributed by atoms with Crippen LogP contribution in [0.1, 0.15) is 22.8 Å². The van der Waals surface area contributed by atoms with Crippen LogP contribution in [-0.2, 0) is 20.7 Å². The van der Waals surface area contributed by atoms with Crippen LogP contribution in [-0.4, -0.2) is 81.6 Å². The third kappa shape index (κ3) is 2.65. The molecule has 170 valence electrons. The fourth-order valence-electron chi connectivity index (χ4n) is 5.58. The summed E-state index contributed by atoms with van der Waals surface area (Å²) in [6.45, 7) is 1.07. The summed E-state index contributed by atoms with van der Waals surface area (Å²) < 4.78 is 5.69. The third-order valence-electron chi connectivity index (χ3n) is 6.89. The van der Waals surface area contributed by atoms with Crippen molar-refractivity contribution in [3.05, 3.63) is 52.0 Å². The van der Waals surface area contributed by atoms with Gasteiger partial charge < -0.3 is 25.2 Å². The SMILES string of the molecule is CO[C@@H]1[C@H]2[C@H](N(C)C)C(O)=C(C(C)=O)C(=O)[C@@]2(O)C(O)=C2C(=O)c3c(O)cccc3C[C@H]21. The number of hydrogen-bond acceptors (Lipinski definition) is 9. The number of carbonyl (C=O) groups excluding carboxylic acids is 3. The van der Waals surface area contributed by atoms with Gasteiger partial charge in [-0.05, 0) is 39.1 Å². The summed E-state index contributed by atoms with van der Waals surface area (Å²) in [6.07, 6.45) is -0.782. The second-order valence-electron chi connectivity index (χ2n) is 8.76. The molecular weight excluding hydrogens is 418 g/mol. The zero-order valence-corrected chi connectivity index (χ0v) is 18.1. The van der Waals surface area contributed by atoms with Crippen LogP contribution in [0.5, 0.6) is 5.75 Å². The average molecular weight is 443 g/mol. The van der Waals surface area contributed by atoms with Crippen LogP contribution in [0.3, 0.4) is 0 Å². The highest BCUT2D eigenvalue weighted by Crippen LogP contribution is 2.53. The number of methoxy groups -OCH3 is 1. The lowest BCUT2D eigenvalue weighted by Gasteiger charge is -2.53. The summed E-state index contributed by atoms with van der Waals surface area (Å²) >= 11 is 0. The second-order valence-corrected chi connectivity index (χ2v) is 8.76. The quantitative estimate of drug-likeness (QED) is 0.500. The van der Waals surface area contributed by atoms with E-state index in [1.807, 2.05) is 0 Å². The van der Waals surface area contributed by atoms with Crippen LogP contribution in [0, 0.1) is 11.8 Å². The van der Waals surface area contributed by atoms with E-state index in [0.717, 1.165) is 6.92 Å². The normalized spacial score (nSPS) is 32.1. The highest BCUT2D eigenvalue weighted by molar-refractivity contribution is 6.25. The zero-order valence-electron chi connectivity index (χ0n) is 18.1. The van der Waals surface area contributed by atoms with Crippen LogP contribution < -0.4 is 0 Å². The number of nitrogens with zero attached hydrogens (tertiary/aromatic N) is 1. The number of rotatable bonds is 3. The summed E-state index contributed by atoms with van der Waals surface area (Å²) in [4.78, 5) is 40.5. The predicted octanol–water partition coefficient (Wildman–Crippen LogP) is 0.849. The smallest absolute Gasteiger partial charge is 0.209 e. The molecule has 9 nitrogen and oxygen atoms in total. The van der Waals surface area contributed by atoms with Crippen molar-refractivity contribution in [2.24, 2.45) is 11.8 Å². The molecule has 0 radical (unpaired) electrons. The predicted molar refractivity (Wildman–Crippen MR) is 111 cm³/mol. The van der Waals surface area contributed by atoms with Crippen molar-refractivity contribution < 1.29 is 39.5 Å². The first-order valence-electron chi connectivity index (χ1n) is 10.2. The molecule has 0 unspecified atom stereocenters. The maximum Gasteiger partial charge on any atom is 0.209 e. The molecule has 9 heteroatoms. The van der Waals surface area contributed by atoms with E-state index in [1.54, 1.807) is 26.2 Å². The van der Waals surface area contributed by atoms with Crippen molar-refractivity contribution in [3.8, 4) is 5.75 Å². The summed E-state index contributed by atoms with van der Waals surface area (Å²) in [5, 5.41) is 44.0. The molecule has 0 saturated carbocycles. The molecule has 0 saturated heterocycles. The Balaban J connectivity index is 2.05. The van der Waals surface area contributed by atoms with Gasteiger partial charge in [0, 0.05) is 18.6 Å². The second kappa shape index (κ2) is 7.26. The largest absolute Gasteiger partial charge is 0.510 e. The van der Waals surface area contributed by atoms with Gasteiger partial charge in [-0.2, -0.15) is 0 Å². The number of fused-ring (bicyclic) bond motifs is 3. The molecule has 0 fully saturated rings. The molecule has 4 N–H and O–H groups in total. The third-order valence-corrected chi connectivity index (χ3v) is 6.89. The van der Waals surface area contributed by atoms with Crippen molar-refractivity contribution in [1.82, 2.24) is 4.90 Å². The number of Topliss-reactive ketones (excluding diaryl/α,β-unsaturated/α-hetero) is 3. The molecule has 0 bridgehead atoms. The van der Waals surface area contributed by atoms with Crippen LogP contribution in [0.2, 0.25) is 0 Å². The molecule has 4 rings (SSSR count). The number of aliphatic hydroxyl groups is 3. The molecule has 1 aromatic carbocycles. The Kier molecular flexibility index (Phi) is 5.04. The van der Waals surface area contributed by atoms with Gasteiger partial charge in [-0.1, -0.05) is 12.1 Å². The van der Waals surface area contributed by atoms with E-state index in [1.165, 1.54) is 18.1 Å². The number of phenolic OH excluding ortho intramolecular Hbond substituents is 1. The van der Waals surface area contributed by atoms with Gasteiger partial charge in [0.05, 0.1) is 23.6 Å². The van der Waals surface area contributed by atoms with Crippen molar-refractivity contribution in [3.63, 3.8) is 0 Å². The zero-order chi connectivity index (χ0) is 23.7. The van der Waals surface area contributed by atoms with Gasteiger partial charge in [0.2, 0.25) is 5.78 Å². The van der Waals surface area contributed by atoms with Crippen molar-refractivity contribution in [2.75, 3.05) is 21.2 Å². The lowest BCUT2D eigenvalue weighted by atomic mass is 9.57. The number of benzene rings is 1. The molecule has 3 aliphatic carbocycles. The molecule has 0 amide bonds. The van der Waals surface area contributed by atoms with Gasteiger partial charge in [0.15, 0.2) is 17.2 Å². The Morgan fingerprint density at radius 1 is 1.19 bits per heavy atom. The monoisotopic (exact) mass is 443 g/mol. The Hall–Kier alpha value is -3.01. The maximum atomic E-state index is 13.4. The summed E-state index contributed by atoms with van der Waals surface area (Å²) in [7, 11) is 4.54. The number of hydrogen-bond donors (Lipinski definition) is 4. The fraction of sp³-hybridized carbons (Fsp3) is 0.435. The Morgan fingerprint density at radius 2 is 1.84 bits per heavy atom. The van der Waals surface area contributed by atoms with Gasteiger partial charge in [-0.15, -0.1) is 0 Å². The van der Waals surface area contributed by atoms with Crippen molar-refractivity contribution in [1.29, 1.82) is 0 Å². The number of likely N-dealkylation sites (N-methyl/N-ethyl adjacent to an activating group) is 1. The Bertz CT molecular complexity index is 1120. The number of aliphatic hydroxyl groups excluding tert-OH is 2. The highest BCUT2D eigenvalue weighted by atomic mass is 16.5. The minimum Gasteiger partial charge on any atom is -0.510 e. The molecule has 0 aliphatic heterocycles. The van der Waals surface area contributed by atoms with Crippen LogP contribution in [0.15, 0.2) is 40.9 Å². The minimum atomic E-state index is -2.67. The van der Waals surface area contributed by atoms with Gasteiger partial charge in [-0.25, -0.2) is 0 Å². The van der Waals surface area contributed by atoms with Crippen LogP contribution >= 0.6 is 0 Å². The van der Waals surface area contributed by atoms with E-state index in [-0.39, 0.29) is 23.3 Å². The van der Waals surface area contributed by atoms with E-state index in [4.69, 9.17) is 4.74 Å². The van der Waals surface area contributed by atoms with E-state index in [2.05, 4.69) is 0 Å². The Labute approximate surface area is 184 Å². The van der Waals surface area contributed by atoms with Crippen molar-refractivity contribution >= 4 is 17.3 Å². The lowest BCUT2D eigenvalue weighted by Crippen LogP contribution is -2.68. The number of ketones is 3. The molecule has 1 aromatic rings. The van der Waals surface area contributed by atoms with Crippen LogP contribution in [0.4, 0.5) is 0 Å². The van der Waals surface area contributed by atoms with Crippen molar-refractivity contribution in [2.45, 2.75) is 31.1 Å². The molecule has 32 heavy (non-hydrogen) atoms. The highest BCUT2D eigenvalue weighted by Gasteiger charge is 2.66. The summed E-state index contributed by atoms with van der Waals surface area (Å²) in [5.41, 5.74) is -3.02. The topological polar surface area (TPSA) is 145 Å². The standard InChI is InChI=1S/C23H25NO8/c1-9(25)13-19(28)17(24(2)3)16-20(32-4)11-8-10-6-5-7-12(26)14(10)18(27)15(11)22(30)23(16,31)21(13)29/h5-7,11,16-17,20,26,28,30-31H,8H2,1-4H3/t11-,16-,17+,20+,23-/m1/s1. The van der Waals surface area contributed by atoms with Gasteiger partial charge >= 0.3 is 0 Å². The van der Waals surface area contributed by atoms with E-state index >= 15 is 0 Å². The number of carbonyl (C=O) groups is 3. The van der Waals surface area contributed by atoms with Crippen LogP contribution in [0.25, 0.3) is 0 Å². The fourth-order valence-corrected chi connectivity index (χ4v) is 5.58. The molecular formula is C23H25NO8. The Morgan fingerprint density at radius 3 is 2.41 bits per heavy atom. The number of aromatic hydroxyl groups is 1. The molecule has 0 heterocycles. The number of ether oxygens (including phenoxy) is 1. The van der Waals surface area contributed by atoms with Gasteiger partial charge in [0.1, 0.15) is 22.8 Å². The molecule has 0 spiro atoms. The molecule has 5 atom stereocenters. The van der Waals surface area contributed by atoms with E-state index in [9.17, 15) is 34.8 Å². The average Bonchev–Trinajstić information content (AvgIpc) is 2.70. The first kappa shape index (κ1) is 22.2. The lowest BCUT2D eigenvalue weighted by molar-refractivity contribution is -0.164. The van der Waals surface area contributed by atoms with E-state index in [0.29, 0.717) is 5.56 Å². The number of phenols is 1. The van der Waals surface area contributed by atoms with Gasteiger partial charge in [-0.3, -0.25) is 19.3 Å². The summed E-state index contributed by atoms with van der Waals surface area (Å²) in [5.74, 6) is -6.32. The first-order chi connectivity index (χ1) is 15.0. The maximum absolute atomic E-state index is 13.4. The van der Waals surface area contributed by atoms with Gasteiger partial charge in [0.25, 0.3) is 0 Å². The summed E-state index contributed by atoms with van der Waals surface area (Å²) in [6, 6.07) is 3.56. The molecule has 3 aliphatic rings. The first-order valence-corrected chi connectivity index (χ1v) is 10.2. The van der Waals surface area contributed by atoms with E-state index < -0.39 is 64.0 Å².